The van der Waals surface area contributed by atoms with Gasteiger partial charge < -0.3 is 16.0 Å². The highest BCUT2D eigenvalue weighted by Gasteiger charge is 2.23. The van der Waals surface area contributed by atoms with Crippen LogP contribution in [0.4, 0.5) is 15.8 Å². The van der Waals surface area contributed by atoms with Gasteiger partial charge in [-0.1, -0.05) is 12.1 Å². The Morgan fingerprint density at radius 3 is 2.24 bits per heavy atom. The lowest BCUT2D eigenvalue weighted by atomic mass is 10.0. The van der Waals surface area contributed by atoms with E-state index in [1.54, 1.807) is 48.8 Å². The summed E-state index contributed by atoms with van der Waals surface area (Å²) in [6.45, 7) is 2.21. The van der Waals surface area contributed by atoms with E-state index >= 15 is 0 Å². The Morgan fingerprint density at radius 1 is 1.03 bits per heavy atom. The second-order valence-corrected chi connectivity index (χ2v) is 6.35. The second-order valence-electron chi connectivity index (χ2n) is 6.35. The number of halogens is 1. The number of aromatic nitrogens is 1. The summed E-state index contributed by atoms with van der Waals surface area (Å²) in [7, 11) is 0. The van der Waals surface area contributed by atoms with E-state index in [0.717, 1.165) is 0 Å². The molecule has 0 bridgehead atoms. The van der Waals surface area contributed by atoms with Gasteiger partial charge in [0.15, 0.2) is 0 Å². The number of carbonyl (C=O) groups is 2. The van der Waals surface area contributed by atoms with Gasteiger partial charge >= 0.3 is 0 Å². The quantitative estimate of drug-likeness (QED) is 0.672. The van der Waals surface area contributed by atoms with Crippen LogP contribution in [0.1, 0.15) is 28.9 Å². The summed E-state index contributed by atoms with van der Waals surface area (Å²) in [6, 6.07) is 14.7. The number of nitrogens with one attached hydrogen (secondary N) is 1. The highest BCUT2D eigenvalue weighted by molar-refractivity contribution is 6.04. The fourth-order valence-electron chi connectivity index (χ4n) is 2.88. The summed E-state index contributed by atoms with van der Waals surface area (Å²) in [4.78, 5) is 30.6. The van der Waals surface area contributed by atoms with Crippen LogP contribution >= 0.6 is 0 Å². The summed E-state index contributed by atoms with van der Waals surface area (Å²) in [5, 5.41) is 2.77. The number of pyridine rings is 1. The molecule has 3 rings (SSSR count). The van der Waals surface area contributed by atoms with Crippen molar-refractivity contribution in [3.63, 3.8) is 0 Å². The van der Waals surface area contributed by atoms with Crippen LogP contribution in [0, 0.1) is 5.82 Å². The molecule has 1 heterocycles. The van der Waals surface area contributed by atoms with Gasteiger partial charge in [-0.25, -0.2) is 4.39 Å². The van der Waals surface area contributed by atoms with Gasteiger partial charge in [0.1, 0.15) is 11.9 Å². The van der Waals surface area contributed by atoms with E-state index in [4.69, 9.17) is 5.73 Å². The number of likely N-dealkylation sites (N-methyl/N-ethyl adjacent to an activating group) is 1. The average Bonchev–Trinajstić information content (AvgIpc) is 2.75. The van der Waals surface area contributed by atoms with Crippen molar-refractivity contribution in [3.8, 4) is 0 Å². The minimum Gasteiger partial charge on any atom is -0.322 e. The topological polar surface area (TPSA) is 88.3 Å². The minimum atomic E-state index is -0.905. The van der Waals surface area contributed by atoms with Gasteiger partial charge in [0.05, 0.1) is 0 Å². The van der Waals surface area contributed by atoms with Crippen molar-refractivity contribution >= 4 is 23.2 Å². The number of benzene rings is 2. The molecule has 148 valence electrons. The van der Waals surface area contributed by atoms with E-state index in [-0.39, 0.29) is 17.6 Å². The number of carbonyl (C=O) groups excluding carboxylic acids is 2. The van der Waals surface area contributed by atoms with Crippen LogP contribution in [-0.4, -0.2) is 23.3 Å². The number of hydrogen-bond acceptors (Lipinski definition) is 4. The van der Waals surface area contributed by atoms with Crippen LogP contribution in [0.5, 0.6) is 0 Å². The predicted molar refractivity (Wildman–Crippen MR) is 110 cm³/mol. The smallest absolute Gasteiger partial charge is 0.255 e. The molecular weight excluding hydrogens is 371 g/mol. The van der Waals surface area contributed by atoms with Crippen LogP contribution in [0.2, 0.25) is 0 Å². The Bertz CT molecular complexity index is 976. The minimum absolute atomic E-state index is 0.274. The zero-order valence-electron chi connectivity index (χ0n) is 15.9. The Morgan fingerprint density at radius 2 is 1.66 bits per heavy atom. The van der Waals surface area contributed by atoms with Crippen LogP contribution in [-0.2, 0) is 4.79 Å². The first-order valence-electron chi connectivity index (χ1n) is 9.13. The number of nitrogens with two attached hydrogens (primary N) is 1. The molecule has 3 aromatic rings. The molecule has 1 atom stereocenters. The SMILES string of the molecule is CCN(C(=O)C(N)c1ccc(C(=O)Nc2ccncc2)cc1)c1ccc(F)cc1. The highest BCUT2D eigenvalue weighted by Crippen LogP contribution is 2.21. The maximum atomic E-state index is 13.2. The molecule has 0 saturated carbocycles. The lowest BCUT2D eigenvalue weighted by Gasteiger charge is -2.24. The molecule has 1 unspecified atom stereocenters. The molecule has 0 radical (unpaired) electrons. The molecule has 2 aromatic carbocycles. The third-order valence-electron chi connectivity index (χ3n) is 4.46. The largest absolute Gasteiger partial charge is 0.322 e. The molecular formula is C22H21FN4O2. The first kappa shape index (κ1) is 20.2. The zero-order valence-corrected chi connectivity index (χ0v) is 15.9. The summed E-state index contributed by atoms with van der Waals surface area (Å²) < 4.78 is 13.2. The second kappa shape index (κ2) is 9.07. The maximum absolute atomic E-state index is 13.2. The first-order valence-corrected chi connectivity index (χ1v) is 9.13. The van der Waals surface area contributed by atoms with Crippen molar-refractivity contribution in [2.75, 3.05) is 16.8 Å². The first-order chi connectivity index (χ1) is 14.0. The monoisotopic (exact) mass is 392 g/mol. The summed E-state index contributed by atoms with van der Waals surface area (Å²) >= 11 is 0. The van der Waals surface area contributed by atoms with E-state index in [1.807, 2.05) is 6.92 Å². The number of hydrogen-bond donors (Lipinski definition) is 2. The van der Waals surface area contributed by atoms with Crippen molar-refractivity contribution in [2.45, 2.75) is 13.0 Å². The van der Waals surface area contributed by atoms with Crippen LogP contribution in [0.15, 0.2) is 73.1 Å². The molecule has 0 aliphatic rings. The molecule has 0 aliphatic heterocycles. The van der Waals surface area contributed by atoms with E-state index in [9.17, 15) is 14.0 Å². The van der Waals surface area contributed by atoms with Crippen LogP contribution in [0.25, 0.3) is 0 Å². The maximum Gasteiger partial charge on any atom is 0.255 e. The van der Waals surface area contributed by atoms with E-state index in [1.165, 1.54) is 29.2 Å². The van der Waals surface area contributed by atoms with E-state index in [0.29, 0.717) is 29.0 Å². The molecule has 29 heavy (non-hydrogen) atoms. The van der Waals surface area contributed by atoms with Crippen molar-refractivity contribution in [3.05, 3.63) is 90.0 Å². The Labute approximate surface area is 168 Å². The van der Waals surface area contributed by atoms with Gasteiger partial charge in [0.25, 0.3) is 5.91 Å². The van der Waals surface area contributed by atoms with E-state index in [2.05, 4.69) is 10.3 Å². The molecule has 7 heteroatoms. The fourth-order valence-corrected chi connectivity index (χ4v) is 2.88. The normalized spacial score (nSPS) is 11.6. The molecule has 0 spiro atoms. The van der Waals surface area contributed by atoms with E-state index < -0.39 is 6.04 Å². The molecule has 3 N–H and O–H groups in total. The van der Waals surface area contributed by atoms with Gasteiger partial charge in [-0.05, 0) is 61.0 Å². The van der Waals surface area contributed by atoms with Gasteiger partial charge in [-0.3, -0.25) is 14.6 Å². The van der Waals surface area contributed by atoms with Crippen LogP contribution < -0.4 is 16.0 Å². The lowest BCUT2D eigenvalue weighted by Crippen LogP contribution is -2.38. The van der Waals surface area contributed by atoms with Gasteiger partial charge in [-0.2, -0.15) is 0 Å². The third-order valence-corrected chi connectivity index (χ3v) is 4.46. The van der Waals surface area contributed by atoms with Crippen molar-refractivity contribution in [1.82, 2.24) is 4.98 Å². The molecule has 2 amide bonds. The predicted octanol–water partition coefficient (Wildman–Crippen LogP) is 3.53. The zero-order chi connectivity index (χ0) is 20.8. The number of rotatable bonds is 6. The third kappa shape index (κ3) is 4.83. The molecule has 0 fully saturated rings. The molecule has 0 aliphatic carbocycles. The van der Waals surface area contributed by atoms with Crippen molar-refractivity contribution in [1.29, 1.82) is 0 Å². The number of nitrogens with zero attached hydrogens (tertiary/aromatic N) is 2. The number of anilines is 2. The Hall–Kier alpha value is -3.58. The number of amides is 2. The van der Waals surface area contributed by atoms with Crippen LogP contribution in [0.3, 0.4) is 0 Å². The highest BCUT2D eigenvalue weighted by atomic mass is 19.1. The Balaban J connectivity index is 1.71. The summed E-state index contributed by atoms with van der Waals surface area (Å²) in [5.41, 5.74) is 8.39. The van der Waals surface area contributed by atoms with Crippen molar-refractivity contribution < 1.29 is 14.0 Å². The molecule has 1 aromatic heterocycles. The molecule has 0 saturated heterocycles. The van der Waals surface area contributed by atoms with Gasteiger partial charge in [0, 0.05) is 35.9 Å². The van der Waals surface area contributed by atoms with Gasteiger partial charge in [0.2, 0.25) is 5.91 Å². The summed E-state index contributed by atoms with van der Waals surface area (Å²) in [5.74, 6) is -0.959. The molecule has 6 nitrogen and oxygen atoms in total. The summed E-state index contributed by atoms with van der Waals surface area (Å²) in [6.07, 6.45) is 3.17. The Kier molecular flexibility index (Phi) is 6.31. The average molecular weight is 392 g/mol. The van der Waals surface area contributed by atoms with Crippen molar-refractivity contribution in [2.24, 2.45) is 5.73 Å². The lowest BCUT2D eigenvalue weighted by molar-refractivity contribution is -0.119. The van der Waals surface area contributed by atoms with Gasteiger partial charge in [-0.15, -0.1) is 0 Å². The standard InChI is InChI=1S/C22H21FN4O2/c1-2-27(19-9-7-17(23)8-10-19)22(29)20(24)15-3-5-16(6-4-15)21(28)26-18-11-13-25-14-12-18/h3-14,20H,2,24H2,1H3,(H,25,26,28). The fraction of sp³-hybridized carbons (Fsp3) is 0.136.